The van der Waals surface area contributed by atoms with Crippen molar-refractivity contribution in [1.82, 2.24) is 15.3 Å². The van der Waals surface area contributed by atoms with Gasteiger partial charge in [0.15, 0.2) is 0 Å². The van der Waals surface area contributed by atoms with Gasteiger partial charge in [0.2, 0.25) is 5.95 Å². The summed E-state index contributed by atoms with van der Waals surface area (Å²) in [6.45, 7) is 5.50. The fourth-order valence-electron chi connectivity index (χ4n) is 2.02. The lowest BCUT2D eigenvalue weighted by atomic mass is 10.1. The van der Waals surface area contributed by atoms with Crippen LogP contribution in [0.25, 0.3) is 0 Å². The Kier molecular flexibility index (Phi) is 5.89. The zero-order chi connectivity index (χ0) is 15.8. The molecule has 0 aliphatic heterocycles. The van der Waals surface area contributed by atoms with E-state index in [1.54, 1.807) is 12.4 Å². The first-order valence-corrected chi connectivity index (χ1v) is 7.58. The number of aromatic nitrogens is 2. The van der Waals surface area contributed by atoms with E-state index in [4.69, 9.17) is 0 Å². The van der Waals surface area contributed by atoms with Crippen molar-refractivity contribution in [1.29, 1.82) is 0 Å². The lowest BCUT2D eigenvalue weighted by molar-refractivity contribution is 0.0950. The van der Waals surface area contributed by atoms with Crippen molar-refractivity contribution in [3.8, 4) is 0 Å². The maximum Gasteiger partial charge on any atom is 0.254 e. The molecule has 1 aromatic carbocycles. The van der Waals surface area contributed by atoms with Crippen LogP contribution in [0.15, 0.2) is 36.7 Å². The lowest BCUT2D eigenvalue weighted by Gasteiger charge is -2.07. The highest BCUT2D eigenvalue weighted by atomic mass is 16.1. The molecular formula is C17H22N4O. The molecule has 2 N–H and O–H groups in total. The molecule has 0 spiro atoms. The normalized spacial score (nSPS) is 10.3. The van der Waals surface area contributed by atoms with Gasteiger partial charge in [-0.1, -0.05) is 43.2 Å². The summed E-state index contributed by atoms with van der Waals surface area (Å²) < 4.78 is 0. The number of anilines is 1. The van der Waals surface area contributed by atoms with Crippen molar-refractivity contribution >= 4 is 11.9 Å². The van der Waals surface area contributed by atoms with E-state index in [2.05, 4.69) is 33.6 Å². The van der Waals surface area contributed by atoms with Crippen LogP contribution < -0.4 is 10.6 Å². The van der Waals surface area contributed by atoms with Gasteiger partial charge in [-0.2, -0.15) is 0 Å². The monoisotopic (exact) mass is 298 g/mol. The number of nitrogens with one attached hydrogen (secondary N) is 2. The summed E-state index contributed by atoms with van der Waals surface area (Å²) >= 11 is 0. The van der Waals surface area contributed by atoms with Crippen LogP contribution >= 0.6 is 0 Å². The molecular weight excluding hydrogens is 276 g/mol. The standard InChI is InChI=1S/C17H22N4O/c1-3-4-8-18-17-20-11-15(12-21-17)16(22)19-10-14-7-5-6-13(2)9-14/h5-7,9,11-12H,3-4,8,10H2,1-2H3,(H,19,22)(H,18,20,21). The van der Waals surface area contributed by atoms with Gasteiger partial charge in [-0.3, -0.25) is 4.79 Å². The van der Waals surface area contributed by atoms with Crippen LogP contribution in [0.4, 0.5) is 5.95 Å². The molecule has 22 heavy (non-hydrogen) atoms. The van der Waals surface area contributed by atoms with Crippen molar-refractivity contribution in [2.45, 2.75) is 33.2 Å². The maximum absolute atomic E-state index is 12.1. The van der Waals surface area contributed by atoms with E-state index in [1.165, 1.54) is 5.56 Å². The number of aryl methyl sites for hydroxylation is 1. The van der Waals surface area contributed by atoms with Crippen LogP contribution in [0, 0.1) is 6.92 Å². The zero-order valence-corrected chi connectivity index (χ0v) is 13.1. The number of carbonyl (C=O) groups is 1. The average Bonchev–Trinajstić information content (AvgIpc) is 2.54. The zero-order valence-electron chi connectivity index (χ0n) is 13.1. The molecule has 1 amide bonds. The molecule has 0 atom stereocenters. The largest absolute Gasteiger partial charge is 0.354 e. The maximum atomic E-state index is 12.1. The summed E-state index contributed by atoms with van der Waals surface area (Å²) in [5.41, 5.74) is 2.72. The Bertz CT molecular complexity index is 610. The smallest absolute Gasteiger partial charge is 0.254 e. The molecule has 5 nitrogen and oxygen atoms in total. The predicted octanol–water partition coefficient (Wildman–Crippen LogP) is 2.93. The minimum atomic E-state index is -0.165. The van der Waals surface area contributed by atoms with Crippen molar-refractivity contribution in [3.05, 3.63) is 53.3 Å². The number of amides is 1. The number of benzene rings is 1. The Hall–Kier alpha value is -2.43. The summed E-state index contributed by atoms with van der Waals surface area (Å²) in [5.74, 6) is 0.394. The number of nitrogens with zero attached hydrogens (tertiary/aromatic N) is 2. The SMILES string of the molecule is CCCCNc1ncc(C(=O)NCc2cccc(C)c2)cn1. The van der Waals surface area contributed by atoms with Gasteiger partial charge in [0.1, 0.15) is 0 Å². The van der Waals surface area contributed by atoms with Gasteiger partial charge in [-0.15, -0.1) is 0 Å². The van der Waals surface area contributed by atoms with Crippen molar-refractivity contribution in [3.63, 3.8) is 0 Å². The van der Waals surface area contributed by atoms with Gasteiger partial charge >= 0.3 is 0 Å². The number of hydrogen-bond acceptors (Lipinski definition) is 4. The molecule has 0 saturated heterocycles. The van der Waals surface area contributed by atoms with Gasteiger partial charge in [0.25, 0.3) is 5.91 Å². The van der Waals surface area contributed by atoms with Gasteiger partial charge in [-0.25, -0.2) is 9.97 Å². The van der Waals surface area contributed by atoms with Gasteiger partial charge < -0.3 is 10.6 Å². The average molecular weight is 298 g/mol. The molecule has 0 radical (unpaired) electrons. The highest BCUT2D eigenvalue weighted by Gasteiger charge is 2.07. The second-order valence-electron chi connectivity index (χ2n) is 5.25. The summed E-state index contributed by atoms with van der Waals surface area (Å²) in [6, 6.07) is 8.06. The summed E-state index contributed by atoms with van der Waals surface area (Å²) in [4.78, 5) is 20.4. The molecule has 0 saturated carbocycles. The van der Waals surface area contributed by atoms with Crippen LogP contribution in [0.2, 0.25) is 0 Å². The minimum absolute atomic E-state index is 0.165. The number of carbonyl (C=O) groups excluding carboxylic acids is 1. The molecule has 1 heterocycles. The molecule has 0 fully saturated rings. The van der Waals surface area contributed by atoms with Crippen LogP contribution in [0.5, 0.6) is 0 Å². The quantitative estimate of drug-likeness (QED) is 0.771. The van der Waals surface area contributed by atoms with Crippen molar-refractivity contribution in [2.75, 3.05) is 11.9 Å². The third-order valence-electron chi connectivity index (χ3n) is 3.26. The topological polar surface area (TPSA) is 66.9 Å². The molecule has 0 aliphatic carbocycles. The second kappa shape index (κ2) is 8.12. The third-order valence-corrected chi connectivity index (χ3v) is 3.26. The fourth-order valence-corrected chi connectivity index (χ4v) is 2.02. The van der Waals surface area contributed by atoms with E-state index < -0.39 is 0 Å². The molecule has 2 rings (SSSR count). The summed E-state index contributed by atoms with van der Waals surface area (Å²) in [6.07, 6.45) is 5.29. The molecule has 116 valence electrons. The third kappa shape index (κ3) is 4.84. The first kappa shape index (κ1) is 15.9. The molecule has 0 unspecified atom stereocenters. The number of rotatable bonds is 7. The van der Waals surface area contributed by atoms with E-state index >= 15 is 0 Å². The van der Waals surface area contributed by atoms with E-state index in [0.29, 0.717) is 18.1 Å². The van der Waals surface area contributed by atoms with E-state index in [0.717, 1.165) is 24.9 Å². The highest BCUT2D eigenvalue weighted by Crippen LogP contribution is 2.05. The van der Waals surface area contributed by atoms with Gasteiger partial charge in [0.05, 0.1) is 5.56 Å². The van der Waals surface area contributed by atoms with Crippen LogP contribution in [0.1, 0.15) is 41.3 Å². The molecule has 1 aromatic heterocycles. The molecule has 2 aromatic rings. The Morgan fingerprint density at radius 2 is 2.00 bits per heavy atom. The van der Waals surface area contributed by atoms with Gasteiger partial charge in [0, 0.05) is 25.5 Å². The van der Waals surface area contributed by atoms with E-state index in [1.807, 2.05) is 25.1 Å². The minimum Gasteiger partial charge on any atom is -0.354 e. The Morgan fingerprint density at radius 1 is 1.23 bits per heavy atom. The molecule has 0 bridgehead atoms. The first-order valence-electron chi connectivity index (χ1n) is 7.58. The van der Waals surface area contributed by atoms with Crippen molar-refractivity contribution in [2.24, 2.45) is 0 Å². The Labute approximate surface area is 131 Å². The summed E-state index contributed by atoms with van der Waals surface area (Å²) in [5, 5.41) is 6.00. The fraction of sp³-hybridized carbons (Fsp3) is 0.353. The Balaban J connectivity index is 1.87. The van der Waals surface area contributed by atoms with Crippen LogP contribution in [-0.4, -0.2) is 22.4 Å². The van der Waals surface area contributed by atoms with E-state index in [-0.39, 0.29) is 5.91 Å². The Morgan fingerprint density at radius 3 is 2.68 bits per heavy atom. The highest BCUT2D eigenvalue weighted by molar-refractivity contribution is 5.93. The second-order valence-corrected chi connectivity index (χ2v) is 5.25. The first-order chi connectivity index (χ1) is 10.7. The van der Waals surface area contributed by atoms with Crippen LogP contribution in [0.3, 0.4) is 0 Å². The number of hydrogen-bond donors (Lipinski definition) is 2. The summed E-state index contributed by atoms with van der Waals surface area (Å²) in [7, 11) is 0. The number of unbranched alkanes of at least 4 members (excludes halogenated alkanes) is 1. The lowest BCUT2D eigenvalue weighted by Crippen LogP contribution is -2.23. The molecule has 5 heteroatoms. The molecule has 0 aliphatic rings. The van der Waals surface area contributed by atoms with Crippen LogP contribution in [-0.2, 0) is 6.54 Å². The van der Waals surface area contributed by atoms with E-state index in [9.17, 15) is 4.79 Å². The predicted molar refractivity (Wildman–Crippen MR) is 87.8 cm³/mol. The van der Waals surface area contributed by atoms with Crippen molar-refractivity contribution < 1.29 is 4.79 Å². The van der Waals surface area contributed by atoms with Gasteiger partial charge in [-0.05, 0) is 18.9 Å².